The summed E-state index contributed by atoms with van der Waals surface area (Å²) in [6, 6.07) is 16.7. The smallest absolute Gasteiger partial charge is 0.127 e. The minimum atomic E-state index is -0.277. The van der Waals surface area contributed by atoms with Crippen LogP contribution in [0.1, 0.15) is 301 Å². The lowest BCUT2D eigenvalue weighted by atomic mass is 9.76. The molecule has 4 aromatic carbocycles. The fourth-order valence-corrected chi connectivity index (χ4v) is 14.1. The van der Waals surface area contributed by atoms with Gasteiger partial charge in [0.2, 0.25) is 0 Å². The van der Waals surface area contributed by atoms with E-state index in [1.807, 2.05) is 24.3 Å². The molecule has 416 valence electrons. The van der Waals surface area contributed by atoms with Crippen LogP contribution in [0.3, 0.4) is 0 Å². The topological polar surface area (TPSA) is 118 Å². The number of aromatic hydroxyl groups is 4. The average molecular weight is 1040 g/mol. The highest BCUT2D eigenvalue weighted by Crippen LogP contribution is 2.54. The summed E-state index contributed by atoms with van der Waals surface area (Å²) in [6.07, 6.45) is 32.1. The minimum absolute atomic E-state index is 0.0429. The van der Waals surface area contributed by atoms with Crippen molar-refractivity contribution in [2.75, 3.05) is 0 Å². The molecule has 4 saturated carbocycles. The maximum absolute atomic E-state index is 12.8. The third-order valence-electron chi connectivity index (χ3n) is 18.4. The van der Waals surface area contributed by atoms with E-state index in [1.54, 1.807) is 0 Å². The highest BCUT2D eigenvalue weighted by atomic mass is 16.5. The van der Waals surface area contributed by atoms with Crippen LogP contribution in [-0.2, 0) is 0 Å². The molecule has 0 spiro atoms. The quantitative estimate of drug-likeness (QED) is 0.0513. The van der Waals surface area contributed by atoms with Crippen molar-refractivity contribution in [3.05, 3.63) is 93.0 Å². The second-order valence-electron chi connectivity index (χ2n) is 24.1. The van der Waals surface area contributed by atoms with Gasteiger partial charge in [-0.25, -0.2) is 0 Å². The van der Waals surface area contributed by atoms with E-state index in [0.29, 0.717) is 23.0 Å². The molecule has 9 rings (SSSR count). The van der Waals surface area contributed by atoms with Gasteiger partial charge in [0.1, 0.15) is 46.0 Å². The van der Waals surface area contributed by atoms with Crippen LogP contribution in [0.15, 0.2) is 48.5 Å². The van der Waals surface area contributed by atoms with Crippen LogP contribution >= 0.6 is 0 Å². The van der Waals surface area contributed by atoms with Gasteiger partial charge in [0, 0.05) is 92.4 Å². The van der Waals surface area contributed by atoms with E-state index in [2.05, 4.69) is 52.0 Å². The van der Waals surface area contributed by atoms with Gasteiger partial charge < -0.3 is 39.4 Å². The predicted octanol–water partition coefficient (Wildman–Crippen LogP) is 19.0. The second-order valence-corrected chi connectivity index (χ2v) is 24.1. The second kappa shape index (κ2) is 27.2. The van der Waals surface area contributed by atoms with Gasteiger partial charge in [-0.3, -0.25) is 0 Å². The van der Waals surface area contributed by atoms with Gasteiger partial charge >= 0.3 is 0 Å². The lowest BCUT2D eigenvalue weighted by Crippen LogP contribution is -2.18. The zero-order valence-electron chi connectivity index (χ0n) is 47.3. The lowest BCUT2D eigenvalue weighted by molar-refractivity contribution is 0.205. The third-order valence-corrected chi connectivity index (χ3v) is 18.4. The molecule has 76 heavy (non-hydrogen) atoms. The Hall–Kier alpha value is -4.72. The van der Waals surface area contributed by atoms with Gasteiger partial charge in [-0.05, 0) is 153 Å². The van der Waals surface area contributed by atoms with Crippen LogP contribution in [0.5, 0.6) is 46.0 Å². The lowest BCUT2D eigenvalue weighted by Gasteiger charge is -2.32. The molecule has 5 aliphatic carbocycles. The molecule has 0 aliphatic heterocycles. The molecule has 8 heteroatoms. The molecule has 0 aromatic heterocycles. The molecule has 4 N–H and O–H groups in total. The zero-order valence-corrected chi connectivity index (χ0v) is 47.3. The fraction of sp³-hybridized carbons (Fsp3) is 0.647. The Morgan fingerprint density at radius 3 is 0.671 bits per heavy atom. The molecule has 8 nitrogen and oxygen atoms in total. The van der Waals surface area contributed by atoms with E-state index in [9.17, 15) is 20.4 Å². The van der Waals surface area contributed by atoms with Crippen LogP contribution in [0.25, 0.3) is 0 Å². The largest absolute Gasteiger partial charge is 0.508 e. The molecule has 4 fully saturated rings. The molecule has 0 unspecified atom stereocenters. The first-order valence-electron chi connectivity index (χ1n) is 31.3. The number of rotatable bonds is 24. The minimum Gasteiger partial charge on any atom is -0.508 e. The predicted molar refractivity (Wildman–Crippen MR) is 308 cm³/mol. The summed E-state index contributed by atoms with van der Waals surface area (Å²) < 4.78 is 28.5. The summed E-state index contributed by atoms with van der Waals surface area (Å²) in [7, 11) is 0. The number of fused-ring (bicyclic) bond motifs is 8. The van der Waals surface area contributed by atoms with Gasteiger partial charge in [0.15, 0.2) is 0 Å². The monoisotopic (exact) mass is 1040 g/mol. The Morgan fingerprint density at radius 1 is 0.289 bits per heavy atom. The molecule has 5 aliphatic rings. The van der Waals surface area contributed by atoms with Gasteiger partial charge in [-0.2, -0.15) is 0 Å². The molecular weight excluding hydrogens is 945 g/mol. The van der Waals surface area contributed by atoms with Crippen molar-refractivity contribution in [3.8, 4) is 46.0 Å². The number of unbranched alkanes of at least 4 members (excludes halogenated alkanes) is 8. The van der Waals surface area contributed by atoms with E-state index >= 15 is 0 Å². The molecular formula is C68H96O8. The Morgan fingerprint density at radius 2 is 0.487 bits per heavy atom. The SMILES string of the molecule is CCCCC[C@H]1c2cc(c(OC3CCCC3)cc2O)[C@@H](CCCCC)c2cc(c(OC3CCCC3)cc2O)[C@@H](CCCCC)c2cc(c(OC3CCCC3)cc2O)[C@@H](CCCCC)c2cc1c(OC1CCCC1)cc2O. The van der Waals surface area contributed by atoms with Crippen LogP contribution in [0, 0.1) is 0 Å². The van der Waals surface area contributed by atoms with Crippen LogP contribution in [-0.4, -0.2) is 44.8 Å². The van der Waals surface area contributed by atoms with Crippen molar-refractivity contribution >= 4 is 0 Å². The van der Waals surface area contributed by atoms with Crippen molar-refractivity contribution < 1.29 is 39.4 Å². The van der Waals surface area contributed by atoms with E-state index in [1.165, 1.54) is 0 Å². The van der Waals surface area contributed by atoms with Crippen LogP contribution in [0.4, 0.5) is 0 Å². The van der Waals surface area contributed by atoms with Crippen molar-refractivity contribution in [2.24, 2.45) is 0 Å². The molecule has 0 radical (unpaired) electrons. The first-order chi connectivity index (χ1) is 37.2. The highest BCUT2D eigenvalue weighted by molar-refractivity contribution is 5.63. The van der Waals surface area contributed by atoms with E-state index in [4.69, 9.17) is 18.9 Å². The van der Waals surface area contributed by atoms with Crippen molar-refractivity contribution in [2.45, 2.75) is 281 Å². The number of benzene rings is 4. The van der Waals surface area contributed by atoms with Crippen molar-refractivity contribution in [1.82, 2.24) is 0 Å². The summed E-state index contributed by atoms with van der Waals surface area (Å²) in [5.74, 6) is 2.52. The molecule has 0 amide bonds. The Balaban J connectivity index is 1.38. The molecule has 4 atom stereocenters. The Bertz CT molecular complexity index is 2130. The molecule has 0 saturated heterocycles. The summed E-state index contributed by atoms with van der Waals surface area (Å²) in [6.45, 7) is 8.98. The number of ether oxygens (including phenoxy) is 4. The number of hydrogen-bond donors (Lipinski definition) is 4. The summed E-state index contributed by atoms with van der Waals surface area (Å²) in [5.41, 5.74) is 7.31. The standard InChI is InChI=1S/C68H96O8/c1-5-9-13-33-49-53-37-58(66(41-61(53)69)74-46-27-19-20-28-46)51(35-15-11-7-3)55-39-60(68(43-63(55)71)76-48-31-23-24-32-48)52(36-16-12-8-4)56-40-59(67(44-64(56)72)75-47-29-21-22-30-47)50(34-14-10-6-2)54-38-57(49)65(42-62(54)70)73-45-25-17-18-26-45/h37-52,69-72H,5-36H2,1-4H3/t49-,50-,51-,52-/m0/s1. The Labute approximate surface area is 457 Å². The average Bonchev–Trinajstić information content (AvgIpc) is 4.32. The Kier molecular flexibility index (Phi) is 20.1. The zero-order chi connectivity index (χ0) is 53.0. The molecule has 4 aromatic rings. The van der Waals surface area contributed by atoms with Crippen molar-refractivity contribution in [1.29, 1.82) is 0 Å². The number of hydrogen-bond acceptors (Lipinski definition) is 8. The first-order valence-corrected chi connectivity index (χ1v) is 31.3. The fourth-order valence-electron chi connectivity index (χ4n) is 14.1. The number of phenols is 4. The van der Waals surface area contributed by atoms with Gasteiger partial charge in [-0.1, -0.05) is 105 Å². The van der Waals surface area contributed by atoms with Crippen molar-refractivity contribution in [3.63, 3.8) is 0 Å². The van der Waals surface area contributed by atoms with Gasteiger partial charge in [0.25, 0.3) is 0 Å². The van der Waals surface area contributed by atoms with Crippen LogP contribution in [0.2, 0.25) is 0 Å². The molecule has 8 bridgehead atoms. The van der Waals surface area contributed by atoms with E-state index in [0.717, 1.165) is 250 Å². The normalized spacial score (nSPS) is 21.4. The molecule has 0 heterocycles. The van der Waals surface area contributed by atoms with Gasteiger partial charge in [0.05, 0.1) is 24.4 Å². The van der Waals surface area contributed by atoms with Gasteiger partial charge in [-0.15, -0.1) is 0 Å². The van der Waals surface area contributed by atoms with Crippen LogP contribution < -0.4 is 18.9 Å². The highest BCUT2D eigenvalue weighted by Gasteiger charge is 2.36. The summed E-state index contributed by atoms with van der Waals surface area (Å²) >= 11 is 0. The van der Waals surface area contributed by atoms with E-state index in [-0.39, 0.29) is 71.1 Å². The number of phenolic OH excluding ortho intramolecular Hbond substituents is 4. The maximum atomic E-state index is 12.8. The third kappa shape index (κ3) is 13.4. The first kappa shape index (κ1) is 56.0. The summed E-state index contributed by atoms with van der Waals surface area (Å²) in [4.78, 5) is 0. The van der Waals surface area contributed by atoms with E-state index < -0.39 is 0 Å². The summed E-state index contributed by atoms with van der Waals surface area (Å²) in [5, 5.41) is 51.2. The maximum Gasteiger partial charge on any atom is 0.127 e.